The summed E-state index contributed by atoms with van der Waals surface area (Å²) >= 11 is 6.17. The van der Waals surface area contributed by atoms with Crippen LogP contribution in [0.5, 0.6) is 0 Å². The van der Waals surface area contributed by atoms with Gasteiger partial charge in [0.15, 0.2) is 0 Å². The topological polar surface area (TPSA) is 12.0 Å². The van der Waals surface area contributed by atoms with Crippen molar-refractivity contribution in [2.75, 3.05) is 6.54 Å². The molecule has 0 aliphatic rings. The molecule has 0 amide bonds. The zero-order valence-electron chi connectivity index (χ0n) is 12.1. The SMILES string of the molecule is CCCNC(c1ccc(F)c(C)c1)c1ccc(F)cc1Cl. The quantitative estimate of drug-likeness (QED) is 0.818. The fourth-order valence-corrected chi connectivity index (χ4v) is 2.56. The van der Waals surface area contributed by atoms with Crippen LogP contribution in [0.4, 0.5) is 8.78 Å². The second-order valence-corrected chi connectivity index (χ2v) is 5.47. The number of benzene rings is 2. The van der Waals surface area contributed by atoms with Crippen molar-refractivity contribution in [3.8, 4) is 0 Å². The Morgan fingerprint density at radius 1 is 1.14 bits per heavy atom. The van der Waals surface area contributed by atoms with Crippen LogP contribution in [0.25, 0.3) is 0 Å². The maximum atomic E-state index is 13.5. The van der Waals surface area contributed by atoms with Gasteiger partial charge in [-0.15, -0.1) is 0 Å². The Morgan fingerprint density at radius 3 is 2.52 bits per heavy atom. The second kappa shape index (κ2) is 7.01. The Balaban J connectivity index is 2.44. The Morgan fingerprint density at radius 2 is 1.90 bits per heavy atom. The van der Waals surface area contributed by atoms with Crippen molar-refractivity contribution < 1.29 is 8.78 Å². The normalized spacial score (nSPS) is 12.4. The predicted octanol–water partition coefficient (Wildman–Crippen LogP) is 5.02. The molecule has 0 aliphatic carbocycles. The molecule has 21 heavy (non-hydrogen) atoms. The second-order valence-electron chi connectivity index (χ2n) is 5.06. The average Bonchev–Trinajstić information content (AvgIpc) is 2.44. The highest BCUT2D eigenvalue weighted by atomic mass is 35.5. The summed E-state index contributed by atoms with van der Waals surface area (Å²) in [5.74, 6) is -0.605. The molecule has 0 fully saturated rings. The first-order chi connectivity index (χ1) is 10.0. The van der Waals surface area contributed by atoms with Crippen molar-refractivity contribution in [1.29, 1.82) is 0 Å². The molecule has 1 N–H and O–H groups in total. The lowest BCUT2D eigenvalue weighted by atomic mass is 9.97. The lowest BCUT2D eigenvalue weighted by Gasteiger charge is -2.21. The van der Waals surface area contributed by atoms with E-state index in [1.165, 1.54) is 18.2 Å². The van der Waals surface area contributed by atoms with Crippen LogP contribution in [-0.4, -0.2) is 6.54 Å². The minimum absolute atomic E-state index is 0.183. The van der Waals surface area contributed by atoms with Crippen LogP contribution >= 0.6 is 11.6 Å². The number of hydrogen-bond donors (Lipinski definition) is 1. The summed E-state index contributed by atoms with van der Waals surface area (Å²) in [6, 6.07) is 9.15. The molecule has 0 radical (unpaired) electrons. The first kappa shape index (κ1) is 15.9. The number of nitrogens with one attached hydrogen (secondary N) is 1. The van der Waals surface area contributed by atoms with Crippen molar-refractivity contribution in [3.63, 3.8) is 0 Å². The predicted molar refractivity (Wildman–Crippen MR) is 82.7 cm³/mol. The van der Waals surface area contributed by atoms with Gasteiger partial charge in [-0.2, -0.15) is 0 Å². The molecule has 0 saturated heterocycles. The smallest absolute Gasteiger partial charge is 0.126 e. The monoisotopic (exact) mass is 309 g/mol. The van der Waals surface area contributed by atoms with Crippen molar-refractivity contribution >= 4 is 11.6 Å². The Hall–Kier alpha value is -1.45. The highest BCUT2D eigenvalue weighted by Gasteiger charge is 2.17. The molecule has 2 aromatic carbocycles. The third-order valence-corrected chi connectivity index (χ3v) is 3.71. The summed E-state index contributed by atoms with van der Waals surface area (Å²) in [4.78, 5) is 0. The molecule has 0 heterocycles. The molecule has 112 valence electrons. The standard InChI is InChI=1S/C17H18ClF2N/c1-3-8-21-17(12-4-7-16(20)11(2)9-12)14-6-5-13(19)10-15(14)18/h4-7,9-10,17,21H,3,8H2,1-2H3. The fraction of sp³-hybridized carbons (Fsp3) is 0.294. The third kappa shape index (κ3) is 3.80. The molecule has 1 nitrogen and oxygen atoms in total. The van der Waals surface area contributed by atoms with Crippen LogP contribution in [0, 0.1) is 18.6 Å². The maximum absolute atomic E-state index is 13.5. The van der Waals surface area contributed by atoms with E-state index in [9.17, 15) is 8.78 Å². The zero-order chi connectivity index (χ0) is 15.4. The molecule has 1 unspecified atom stereocenters. The van der Waals surface area contributed by atoms with E-state index < -0.39 is 0 Å². The summed E-state index contributed by atoms with van der Waals surface area (Å²) in [5.41, 5.74) is 2.28. The number of aryl methyl sites for hydroxylation is 1. The summed E-state index contributed by atoms with van der Waals surface area (Å²) in [6.07, 6.45) is 0.954. The lowest BCUT2D eigenvalue weighted by molar-refractivity contribution is 0.586. The van der Waals surface area contributed by atoms with Gasteiger partial charge >= 0.3 is 0 Å². The van der Waals surface area contributed by atoms with E-state index in [0.29, 0.717) is 10.6 Å². The highest BCUT2D eigenvalue weighted by molar-refractivity contribution is 6.31. The van der Waals surface area contributed by atoms with Gasteiger partial charge in [-0.1, -0.05) is 36.7 Å². The minimum Gasteiger partial charge on any atom is -0.306 e. The molecule has 4 heteroatoms. The van der Waals surface area contributed by atoms with Crippen LogP contribution in [0.15, 0.2) is 36.4 Å². The maximum Gasteiger partial charge on any atom is 0.126 e. The van der Waals surface area contributed by atoms with Gasteiger partial charge in [0, 0.05) is 5.02 Å². The van der Waals surface area contributed by atoms with Gasteiger partial charge in [0.05, 0.1) is 6.04 Å². The van der Waals surface area contributed by atoms with Gasteiger partial charge < -0.3 is 5.32 Å². The molecule has 0 saturated carbocycles. The summed E-state index contributed by atoms with van der Waals surface area (Å²) in [5, 5.41) is 3.75. The van der Waals surface area contributed by atoms with E-state index in [4.69, 9.17) is 11.6 Å². The summed E-state index contributed by atoms with van der Waals surface area (Å²) in [6.45, 7) is 4.57. The van der Waals surface area contributed by atoms with E-state index in [1.54, 1.807) is 25.1 Å². The van der Waals surface area contributed by atoms with E-state index >= 15 is 0 Å². The van der Waals surface area contributed by atoms with Gasteiger partial charge in [-0.3, -0.25) is 0 Å². The average molecular weight is 310 g/mol. The van der Waals surface area contributed by atoms with Gasteiger partial charge in [0.1, 0.15) is 11.6 Å². The molecule has 2 rings (SSSR count). The lowest BCUT2D eigenvalue weighted by Crippen LogP contribution is -2.23. The highest BCUT2D eigenvalue weighted by Crippen LogP contribution is 2.30. The van der Waals surface area contributed by atoms with Crippen LogP contribution in [0.3, 0.4) is 0 Å². The van der Waals surface area contributed by atoms with E-state index in [1.807, 2.05) is 0 Å². The van der Waals surface area contributed by atoms with E-state index in [-0.39, 0.29) is 17.7 Å². The van der Waals surface area contributed by atoms with Gasteiger partial charge in [0.25, 0.3) is 0 Å². The first-order valence-electron chi connectivity index (χ1n) is 6.97. The van der Waals surface area contributed by atoms with Crippen LogP contribution in [-0.2, 0) is 0 Å². The fourth-order valence-electron chi connectivity index (χ4n) is 2.28. The van der Waals surface area contributed by atoms with Crippen LogP contribution in [0.2, 0.25) is 5.02 Å². The molecule has 0 spiro atoms. The molecule has 0 aliphatic heterocycles. The Kier molecular flexibility index (Phi) is 5.32. The molecular formula is C17H18ClF2N. The zero-order valence-corrected chi connectivity index (χ0v) is 12.8. The largest absolute Gasteiger partial charge is 0.306 e. The number of halogens is 3. The molecule has 0 bridgehead atoms. The summed E-state index contributed by atoms with van der Waals surface area (Å²) < 4.78 is 26.7. The third-order valence-electron chi connectivity index (χ3n) is 3.39. The van der Waals surface area contributed by atoms with E-state index in [0.717, 1.165) is 24.1 Å². The van der Waals surface area contributed by atoms with Crippen molar-refractivity contribution in [2.24, 2.45) is 0 Å². The van der Waals surface area contributed by atoms with Crippen molar-refractivity contribution in [3.05, 3.63) is 69.7 Å². The molecule has 0 aromatic heterocycles. The Labute approximate surface area is 128 Å². The van der Waals surface area contributed by atoms with Crippen molar-refractivity contribution in [2.45, 2.75) is 26.3 Å². The van der Waals surface area contributed by atoms with Gasteiger partial charge in [-0.25, -0.2) is 8.78 Å². The molecule has 1 atom stereocenters. The van der Waals surface area contributed by atoms with Crippen LogP contribution in [0.1, 0.15) is 36.1 Å². The minimum atomic E-state index is -0.367. The number of rotatable bonds is 5. The molecule has 2 aromatic rings. The number of hydrogen-bond acceptors (Lipinski definition) is 1. The first-order valence-corrected chi connectivity index (χ1v) is 7.35. The Bertz CT molecular complexity index is 628. The van der Waals surface area contributed by atoms with Crippen molar-refractivity contribution in [1.82, 2.24) is 5.32 Å². The van der Waals surface area contributed by atoms with Gasteiger partial charge in [-0.05, 0) is 54.8 Å². The summed E-state index contributed by atoms with van der Waals surface area (Å²) in [7, 11) is 0. The van der Waals surface area contributed by atoms with Crippen LogP contribution < -0.4 is 5.32 Å². The van der Waals surface area contributed by atoms with E-state index in [2.05, 4.69) is 12.2 Å². The van der Waals surface area contributed by atoms with Gasteiger partial charge in [0.2, 0.25) is 0 Å². The molecular weight excluding hydrogens is 292 g/mol.